The number of methoxy groups -OCH3 is 1. The van der Waals surface area contributed by atoms with Crippen molar-refractivity contribution in [3.8, 4) is 0 Å². The quantitative estimate of drug-likeness (QED) is 0.882. The van der Waals surface area contributed by atoms with E-state index in [2.05, 4.69) is 0 Å². The Morgan fingerprint density at radius 1 is 1.44 bits per heavy atom. The molecule has 2 atom stereocenters. The molecule has 2 N–H and O–H groups in total. The van der Waals surface area contributed by atoms with Gasteiger partial charge in [0.05, 0.1) is 12.6 Å². The summed E-state index contributed by atoms with van der Waals surface area (Å²) < 4.78 is 30.9. The molecule has 2 rings (SSSR count). The van der Waals surface area contributed by atoms with Crippen LogP contribution >= 0.6 is 0 Å². The van der Waals surface area contributed by atoms with Crippen LogP contribution in [0.25, 0.3) is 0 Å². The number of nitrogens with zero attached hydrogens (tertiary/aromatic N) is 1. The van der Waals surface area contributed by atoms with Crippen LogP contribution in [0.5, 0.6) is 0 Å². The van der Waals surface area contributed by atoms with Crippen LogP contribution in [0.1, 0.15) is 11.7 Å². The number of rotatable bonds is 4. The zero-order valence-electron chi connectivity index (χ0n) is 10.1. The molecule has 0 bridgehead atoms. The number of ether oxygens (including phenoxy) is 1. The maximum Gasteiger partial charge on any atom is 0.159 e. The van der Waals surface area contributed by atoms with E-state index in [4.69, 9.17) is 15.3 Å². The van der Waals surface area contributed by atoms with E-state index in [1.165, 1.54) is 6.07 Å². The Balaban J connectivity index is 2.06. The zero-order valence-corrected chi connectivity index (χ0v) is 10.1. The molecule has 18 heavy (non-hydrogen) atoms. The third kappa shape index (κ3) is 2.84. The largest absolute Gasteiger partial charge is 0.383 e. The fourth-order valence-electron chi connectivity index (χ4n) is 1.95. The van der Waals surface area contributed by atoms with E-state index in [9.17, 15) is 8.78 Å². The number of hydrogen-bond acceptors (Lipinski definition) is 4. The molecule has 1 aromatic carbocycles. The highest BCUT2D eigenvalue weighted by Crippen LogP contribution is 2.28. The first-order chi connectivity index (χ1) is 8.61. The van der Waals surface area contributed by atoms with E-state index in [1.807, 2.05) is 0 Å². The average molecular weight is 258 g/mol. The normalized spacial score (nSPS) is 24.7. The van der Waals surface area contributed by atoms with Crippen molar-refractivity contribution in [1.82, 2.24) is 5.06 Å². The second-order valence-corrected chi connectivity index (χ2v) is 4.24. The summed E-state index contributed by atoms with van der Waals surface area (Å²) in [5, 5.41) is 1.68. The third-order valence-corrected chi connectivity index (χ3v) is 2.88. The molecule has 0 aromatic heterocycles. The monoisotopic (exact) mass is 258 g/mol. The predicted molar refractivity (Wildman–Crippen MR) is 61.6 cm³/mol. The minimum atomic E-state index is -0.890. The molecule has 1 aliphatic heterocycles. The Morgan fingerprint density at radius 2 is 2.22 bits per heavy atom. The summed E-state index contributed by atoms with van der Waals surface area (Å²) in [6, 6.07) is 3.42. The molecule has 0 unspecified atom stereocenters. The van der Waals surface area contributed by atoms with Gasteiger partial charge in [-0.15, -0.1) is 0 Å². The molecule has 4 nitrogen and oxygen atoms in total. The maximum absolute atomic E-state index is 13.2. The Morgan fingerprint density at radius 3 is 2.89 bits per heavy atom. The van der Waals surface area contributed by atoms with Gasteiger partial charge in [-0.25, -0.2) is 8.78 Å². The number of hydrogen-bond donors (Lipinski definition) is 1. The van der Waals surface area contributed by atoms with Crippen LogP contribution in [0, 0.1) is 11.6 Å². The highest BCUT2D eigenvalue weighted by molar-refractivity contribution is 5.22. The van der Waals surface area contributed by atoms with Crippen molar-refractivity contribution >= 4 is 0 Å². The fraction of sp³-hybridized carbons (Fsp3) is 0.500. The first kappa shape index (κ1) is 13.4. The van der Waals surface area contributed by atoms with E-state index < -0.39 is 17.7 Å². The molecule has 6 heteroatoms. The van der Waals surface area contributed by atoms with Crippen LogP contribution in [0.3, 0.4) is 0 Å². The van der Waals surface area contributed by atoms with Gasteiger partial charge in [0.2, 0.25) is 0 Å². The predicted octanol–water partition coefficient (Wildman–Crippen LogP) is 1.23. The molecule has 100 valence electrons. The molecule has 0 aliphatic carbocycles. The summed E-state index contributed by atoms with van der Waals surface area (Å²) in [7, 11) is 1.60. The summed E-state index contributed by atoms with van der Waals surface area (Å²) in [6.45, 7) is 1.65. The number of benzene rings is 1. The third-order valence-electron chi connectivity index (χ3n) is 2.88. The Kier molecular flexibility index (Phi) is 4.23. The van der Waals surface area contributed by atoms with Gasteiger partial charge in [-0.05, 0) is 17.7 Å². The second-order valence-electron chi connectivity index (χ2n) is 4.24. The van der Waals surface area contributed by atoms with Crippen LogP contribution in [-0.2, 0) is 9.57 Å². The molecule has 0 saturated carbocycles. The maximum atomic E-state index is 13.2. The molecule has 1 fully saturated rings. The lowest BCUT2D eigenvalue weighted by Gasteiger charge is -2.16. The van der Waals surface area contributed by atoms with Crippen LogP contribution in [0.4, 0.5) is 8.78 Å². The van der Waals surface area contributed by atoms with Crippen molar-refractivity contribution in [3.05, 3.63) is 35.4 Å². The molecule has 1 aromatic rings. The molecule has 1 saturated heterocycles. The van der Waals surface area contributed by atoms with E-state index in [-0.39, 0.29) is 6.04 Å². The summed E-state index contributed by atoms with van der Waals surface area (Å²) in [5.74, 6) is -1.76. The van der Waals surface area contributed by atoms with Gasteiger partial charge in [0.15, 0.2) is 11.6 Å². The zero-order chi connectivity index (χ0) is 13.1. The molecular weight excluding hydrogens is 242 g/mol. The lowest BCUT2D eigenvalue weighted by atomic mass is 10.0. The lowest BCUT2D eigenvalue weighted by molar-refractivity contribution is -0.154. The van der Waals surface area contributed by atoms with E-state index in [0.29, 0.717) is 25.3 Å². The van der Waals surface area contributed by atoms with Crippen LogP contribution in [0.2, 0.25) is 0 Å². The molecular formula is C12H16F2N2O2. The van der Waals surface area contributed by atoms with Gasteiger partial charge < -0.3 is 10.5 Å². The van der Waals surface area contributed by atoms with Crippen LogP contribution in [0.15, 0.2) is 18.2 Å². The first-order valence-electron chi connectivity index (χ1n) is 5.73. The van der Waals surface area contributed by atoms with E-state index >= 15 is 0 Å². The van der Waals surface area contributed by atoms with Crippen molar-refractivity contribution in [1.29, 1.82) is 0 Å². The minimum Gasteiger partial charge on any atom is -0.383 e. The Hall–Kier alpha value is -1.08. The standard InChI is InChI=1S/C12H16F2N2O2/c1-17-5-4-16-7-11(15)12(18-16)8-2-3-9(13)10(14)6-8/h2-3,6,11-12H,4-5,7,15H2,1H3/t11-,12+/m1/s1. The van der Waals surface area contributed by atoms with E-state index in [0.717, 1.165) is 12.1 Å². The number of hydroxylamine groups is 2. The van der Waals surface area contributed by atoms with Gasteiger partial charge >= 0.3 is 0 Å². The molecule has 0 radical (unpaired) electrons. The highest BCUT2D eigenvalue weighted by atomic mass is 19.2. The van der Waals surface area contributed by atoms with Crippen LogP contribution < -0.4 is 5.73 Å². The fourth-order valence-corrected chi connectivity index (χ4v) is 1.95. The van der Waals surface area contributed by atoms with Crippen molar-refractivity contribution in [2.75, 3.05) is 26.8 Å². The van der Waals surface area contributed by atoms with Gasteiger partial charge in [0, 0.05) is 20.2 Å². The van der Waals surface area contributed by atoms with Gasteiger partial charge in [-0.1, -0.05) is 6.07 Å². The van der Waals surface area contributed by atoms with Crippen LogP contribution in [-0.4, -0.2) is 37.9 Å². The van der Waals surface area contributed by atoms with Gasteiger partial charge in [-0.2, -0.15) is 5.06 Å². The SMILES string of the molecule is COCCN1C[C@@H](N)[C@H](c2ccc(F)c(F)c2)O1. The van der Waals surface area contributed by atoms with Crippen molar-refractivity contribution in [2.24, 2.45) is 5.73 Å². The summed E-state index contributed by atoms with van der Waals surface area (Å²) in [4.78, 5) is 5.60. The molecule has 1 aliphatic rings. The van der Waals surface area contributed by atoms with Gasteiger partial charge in [-0.3, -0.25) is 4.84 Å². The topological polar surface area (TPSA) is 47.7 Å². The summed E-state index contributed by atoms with van der Waals surface area (Å²) in [6.07, 6.45) is -0.447. The molecule has 1 heterocycles. The summed E-state index contributed by atoms with van der Waals surface area (Å²) >= 11 is 0. The second kappa shape index (κ2) is 5.71. The van der Waals surface area contributed by atoms with Crippen molar-refractivity contribution in [3.63, 3.8) is 0 Å². The Labute approximate surface area is 104 Å². The summed E-state index contributed by atoms with van der Waals surface area (Å²) in [5.41, 5.74) is 6.48. The first-order valence-corrected chi connectivity index (χ1v) is 5.73. The van der Waals surface area contributed by atoms with Gasteiger partial charge in [0.25, 0.3) is 0 Å². The molecule has 0 spiro atoms. The smallest absolute Gasteiger partial charge is 0.159 e. The number of halogens is 2. The van der Waals surface area contributed by atoms with Crippen molar-refractivity contribution in [2.45, 2.75) is 12.1 Å². The van der Waals surface area contributed by atoms with Crippen molar-refractivity contribution < 1.29 is 18.4 Å². The highest BCUT2D eigenvalue weighted by Gasteiger charge is 2.32. The molecule has 0 amide bonds. The lowest BCUT2D eigenvalue weighted by Crippen LogP contribution is -2.30. The Bertz CT molecular complexity index is 417. The van der Waals surface area contributed by atoms with Gasteiger partial charge in [0.1, 0.15) is 6.10 Å². The number of nitrogens with two attached hydrogens (primary N) is 1. The minimum absolute atomic E-state index is 0.272. The average Bonchev–Trinajstić information content (AvgIpc) is 2.71. The van der Waals surface area contributed by atoms with E-state index in [1.54, 1.807) is 12.2 Å².